The fraction of sp³-hybridized carbons (Fsp3) is 0.545. The van der Waals surface area contributed by atoms with E-state index in [9.17, 15) is 9.59 Å². The molecule has 2 aromatic rings. The molecule has 2 saturated heterocycles. The molecule has 1 aromatic heterocycles. The molecule has 0 bridgehead atoms. The lowest BCUT2D eigenvalue weighted by Crippen LogP contribution is -2.41. The molecule has 0 radical (unpaired) electrons. The zero-order valence-electron chi connectivity index (χ0n) is 18.1. The number of hydrogen-bond donors (Lipinski definition) is 1. The van der Waals surface area contributed by atoms with Crippen molar-refractivity contribution in [2.75, 3.05) is 42.6 Å². The van der Waals surface area contributed by atoms with E-state index in [2.05, 4.69) is 20.4 Å². The van der Waals surface area contributed by atoms with Crippen molar-refractivity contribution in [2.45, 2.75) is 38.6 Å². The monoisotopic (exact) mass is 457 g/mol. The maximum Gasteiger partial charge on any atom is 0.228 e. The smallest absolute Gasteiger partial charge is 0.228 e. The predicted octanol–water partition coefficient (Wildman–Crippen LogP) is 2.53. The van der Waals surface area contributed by atoms with Crippen LogP contribution in [0, 0.1) is 5.92 Å². The zero-order chi connectivity index (χ0) is 22.1. The van der Waals surface area contributed by atoms with Gasteiger partial charge in [0.15, 0.2) is 11.5 Å². The highest BCUT2D eigenvalue weighted by atomic mass is 32.1. The molecule has 0 unspecified atom stereocenters. The minimum Gasteiger partial charge on any atom is -0.486 e. The van der Waals surface area contributed by atoms with Gasteiger partial charge in [-0.1, -0.05) is 17.4 Å². The number of carbonyl (C=O) groups is 2. The average molecular weight is 458 g/mol. The first-order valence-corrected chi connectivity index (χ1v) is 12.0. The number of fused-ring (bicyclic) bond motifs is 1. The third kappa shape index (κ3) is 4.23. The summed E-state index contributed by atoms with van der Waals surface area (Å²) in [5.41, 5.74) is 0.998. The third-order valence-corrected chi connectivity index (χ3v) is 7.28. The number of amides is 2. The number of hydrogen-bond acceptors (Lipinski definition) is 8. The van der Waals surface area contributed by atoms with Gasteiger partial charge in [-0.2, -0.15) is 0 Å². The molecule has 2 fully saturated rings. The quantitative estimate of drug-likeness (QED) is 0.737. The second-order valence-electron chi connectivity index (χ2n) is 8.41. The Morgan fingerprint density at radius 1 is 1.12 bits per heavy atom. The summed E-state index contributed by atoms with van der Waals surface area (Å²) in [7, 11) is 0. The summed E-state index contributed by atoms with van der Waals surface area (Å²) in [6.07, 6.45) is 2.98. The minimum atomic E-state index is -0.111. The number of nitrogens with zero attached hydrogens (tertiary/aromatic N) is 4. The summed E-state index contributed by atoms with van der Waals surface area (Å²) in [4.78, 5) is 28.7. The van der Waals surface area contributed by atoms with Crippen molar-refractivity contribution < 1.29 is 19.1 Å². The van der Waals surface area contributed by atoms with E-state index < -0.39 is 0 Å². The van der Waals surface area contributed by atoms with Crippen LogP contribution >= 0.6 is 11.3 Å². The molecule has 1 N–H and O–H groups in total. The first-order valence-electron chi connectivity index (χ1n) is 11.2. The molecule has 32 heavy (non-hydrogen) atoms. The molecule has 0 saturated carbocycles. The van der Waals surface area contributed by atoms with E-state index in [4.69, 9.17) is 9.47 Å². The Morgan fingerprint density at radius 3 is 2.62 bits per heavy atom. The Bertz CT molecular complexity index is 1000. The molecule has 3 aliphatic heterocycles. The lowest BCUT2D eigenvalue weighted by molar-refractivity contribution is -0.126. The summed E-state index contributed by atoms with van der Waals surface area (Å²) in [6, 6.07) is 5.70. The van der Waals surface area contributed by atoms with Gasteiger partial charge in [-0.15, -0.1) is 10.2 Å². The molecule has 0 spiro atoms. The van der Waals surface area contributed by atoms with E-state index in [-0.39, 0.29) is 23.8 Å². The summed E-state index contributed by atoms with van der Waals surface area (Å²) in [5, 5.41) is 13.2. The lowest BCUT2D eigenvalue weighted by Gasteiger charge is -2.31. The first-order chi connectivity index (χ1) is 15.6. The van der Waals surface area contributed by atoms with Crippen molar-refractivity contribution in [2.24, 2.45) is 5.92 Å². The second-order valence-corrected chi connectivity index (χ2v) is 9.35. The SMILES string of the molecule is C[C@@H](NC(=O)C1CCN(c2nnc(N3CCCC3=O)s2)CC1)c1ccc2c(c1)OCCO2. The van der Waals surface area contributed by atoms with E-state index in [0.717, 1.165) is 61.1 Å². The van der Waals surface area contributed by atoms with Crippen molar-refractivity contribution in [1.29, 1.82) is 0 Å². The molecule has 1 atom stereocenters. The number of nitrogens with one attached hydrogen (secondary N) is 1. The highest BCUT2D eigenvalue weighted by Gasteiger charge is 2.30. The van der Waals surface area contributed by atoms with Crippen molar-refractivity contribution >= 4 is 33.4 Å². The highest BCUT2D eigenvalue weighted by molar-refractivity contribution is 7.19. The van der Waals surface area contributed by atoms with Crippen LogP contribution in [-0.4, -0.2) is 54.9 Å². The number of anilines is 2. The van der Waals surface area contributed by atoms with Crippen LogP contribution in [0.3, 0.4) is 0 Å². The third-order valence-electron chi connectivity index (χ3n) is 6.27. The average Bonchev–Trinajstić information content (AvgIpc) is 3.47. The van der Waals surface area contributed by atoms with Gasteiger partial charge in [0, 0.05) is 32.0 Å². The summed E-state index contributed by atoms with van der Waals surface area (Å²) < 4.78 is 11.2. The maximum absolute atomic E-state index is 12.9. The lowest BCUT2D eigenvalue weighted by atomic mass is 9.95. The first kappa shape index (κ1) is 21.0. The van der Waals surface area contributed by atoms with Crippen molar-refractivity contribution in [3.05, 3.63) is 23.8 Å². The zero-order valence-corrected chi connectivity index (χ0v) is 18.9. The van der Waals surface area contributed by atoms with Gasteiger partial charge in [-0.25, -0.2) is 0 Å². The van der Waals surface area contributed by atoms with Gasteiger partial charge in [-0.3, -0.25) is 14.5 Å². The fourth-order valence-electron chi connectivity index (χ4n) is 4.37. The van der Waals surface area contributed by atoms with Crippen LogP contribution in [0.15, 0.2) is 18.2 Å². The number of ether oxygens (including phenoxy) is 2. The standard InChI is InChI=1S/C22H27N5O4S/c1-14(16-4-5-17-18(13-16)31-12-11-30-17)23-20(29)15-6-9-26(10-7-15)21-24-25-22(32-21)27-8-2-3-19(27)28/h4-5,13-15H,2-3,6-12H2,1H3,(H,23,29)/t14-/m1/s1. The van der Waals surface area contributed by atoms with E-state index in [1.54, 1.807) is 4.90 Å². The molecule has 170 valence electrons. The Labute approximate surface area is 190 Å². The number of aromatic nitrogens is 2. The van der Waals surface area contributed by atoms with Gasteiger partial charge in [-0.05, 0) is 43.9 Å². The largest absolute Gasteiger partial charge is 0.486 e. The molecular weight excluding hydrogens is 430 g/mol. The van der Waals surface area contributed by atoms with Gasteiger partial charge in [0.05, 0.1) is 6.04 Å². The van der Waals surface area contributed by atoms with Gasteiger partial charge in [0.25, 0.3) is 0 Å². The predicted molar refractivity (Wildman–Crippen MR) is 120 cm³/mol. The molecule has 5 rings (SSSR count). The Kier molecular flexibility index (Phi) is 5.86. The van der Waals surface area contributed by atoms with E-state index in [0.29, 0.717) is 24.8 Å². The minimum absolute atomic E-state index is 0.0292. The van der Waals surface area contributed by atoms with Gasteiger partial charge in [0.1, 0.15) is 13.2 Å². The van der Waals surface area contributed by atoms with Gasteiger partial charge in [0.2, 0.25) is 22.1 Å². The number of carbonyl (C=O) groups excluding carboxylic acids is 2. The van der Waals surface area contributed by atoms with E-state index >= 15 is 0 Å². The summed E-state index contributed by atoms with van der Waals surface area (Å²) in [6.45, 7) is 5.31. The highest BCUT2D eigenvalue weighted by Crippen LogP contribution is 2.34. The van der Waals surface area contributed by atoms with Crippen LogP contribution in [0.5, 0.6) is 11.5 Å². The molecular formula is C22H27N5O4S. The normalized spacial score (nSPS) is 19.8. The van der Waals surface area contributed by atoms with Crippen LogP contribution in [-0.2, 0) is 9.59 Å². The van der Waals surface area contributed by atoms with Crippen LogP contribution in [0.1, 0.15) is 44.2 Å². The molecule has 1 aromatic carbocycles. The van der Waals surface area contributed by atoms with Crippen molar-refractivity contribution in [1.82, 2.24) is 15.5 Å². The Balaban J connectivity index is 1.14. The summed E-state index contributed by atoms with van der Waals surface area (Å²) >= 11 is 1.46. The summed E-state index contributed by atoms with van der Waals surface area (Å²) in [5.74, 6) is 1.65. The maximum atomic E-state index is 12.9. The molecule has 9 nitrogen and oxygen atoms in total. The molecule has 3 aliphatic rings. The van der Waals surface area contributed by atoms with Gasteiger partial charge >= 0.3 is 0 Å². The molecule has 10 heteroatoms. The fourth-order valence-corrected chi connectivity index (χ4v) is 5.31. The van der Waals surface area contributed by atoms with E-state index in [1.165, 1.54) is 11.3 Å². The van der Waals surface area contributed by atoms with E-state index in [1.807, 2.05) is 25.1 Å². The van der Waals surface area contributed by atoms with Crippen LogP contribution in [0.25, 0.3) is 0 Å². The topological polar surface area (TPSA) is 96.9 Å². The van der Waals surface area contributed by atoms with Crippen molar-refractivity contribution in [3.63, 3.8) is 0 Å². The van der Waals surface area contributed by atoms with Crippen LogP contribution in [0.4, 0.5) is 10.3 Å². The van der Waals surface area contributed by atoms with Crippen LogP contribution in [0.2, 0.25) is 0 Å². The number of rotatable bonds is 5. The molecule has 0 aliphatic carbocycles. The van der Waals surface area contributed by atoms with Gasteiger partial charge < -0.3 is 19.7 Å². The van der Waals surface area contributed by atoms with Crippen molar-refractivity contribution in [3.8, 4) is 11.5 Å². The molecule has 4 heterocycles. The molecule has 2 amide bonds. The Hall–Kier alpha value is -2.88. The number of benzene rings is 1. The van der Waals surface area contributed by atoms with Crippen LogP contribution < -0.4 is 24.6 Å². The Morgan fingerprint density at radius 2 is 1.88 bits per heavy atom. The number of piperidine rings is 1. The second kappa shape index (κ2) is 8.93.